The van der Waals surface area contributed by atoms with Gasteiger partial charge in [0.2, 0.25) is 0 Å². The fourth-order valence-electron chi connectivity index (χ4n) is 5.62. The van der Waals surface area contributed by atoms with E-state index in [-0.39, 0.29) is 24.5 Å². The zero-order valence-electron chi connectivity index (χ0n) is 20.2. The molecule has 0 amide bonds. The number of hydrogen-bond donors (Lipinski definition) is 0. The molecular formula is C25H32N6O3. The molecule has 0 spiro atoms. The zero-order chi connectivity index (χ0) is 23.9. The first-order chi connectivity index (χ1) is 16.4. The number of nitrogens with zero attached hydrogens (tertiary/aromatic N) is 6. The van der Waals surface area contributed by atoms with Crippen LogP contribution < -0.4 is 0 Å². The van der Waals surface area contributed by atoms with E-state index in [4.69, 9.17) is 4.74 Å². The average molecular weight is 465 g/mol. The highest BCUT2D eigenvalue weighted by atomic mass is 16.6. The fraction of sp³-hybridized carbons (Fsp3) is 0.600. The Hall–Kier alpha value is -3.10. The van der Waals surface area contributed by atoms with Crippen LogP contribution in [0.5, 0.6) is 0 Å². The number of rotatable bonds is 7. The summed E-state index contributed by atoms with van der Waals surface area (Å²) in [4.78, 5) is 35.5. The first-order valence-electron chi connectivity index (χ1n) is 12.3. The van der Waals surface area contributed by atoms with Crippen molar-refractivity contribution in [2.75, 3.05) is 0 Å². The predicted octanol–water partition coefficient (Wildman–Crippen LogP) is 3.19. The van der Waals surface area contributed by atoms with Crippen LogP contribution >= 0.6 is 0 Å². The third kappa shape index (κ3) is 4.23. The average Bonchev–Trinajstić information content (AvgIpc) is 3.55. The summed E-state index contributed by atoms with van der Waals surface area (Å²) < 4.78 is 9.77. The van der Waals surface area contributed by atoms with Crippen molar-refractivity contribution in [3.05, 3.63) is 41.2 Å². The topological polar surface area (TPSA) is 104 Å². The normalized spacial score (nSPS) is 23.7. The van der Waals surface area contributed by atoms with Gasteiger partial charge in [-0.2, -0.15) is 10.1 Å². The predicted molar refractivity (Wildman–Crippen MR) is 124 cm³/mol. The van der Waals surface area contributed by atoms with Gasteiger partial charge in [0.1, 0.15) is 11.5 Å². The SMILES string of the molecule is CCn1cc(CCC2(C3CCCC3)CC(=O)C(Cc3nc4nc(C)cc(C)n4n3)C(=O)O2)cn1. The van der Waals surface area contributed by atoms with Crippen molar-refractivity contribution in [1.82, 2.24) is 29.4 Å². The number of esters is 1. The number of hydrogen-bond acceptors (Lipinski definition) is 7. The maximum atomic E-state index is 13.4. The number of carbonyl (C=O) groups is 2. The van der Waals surface area contributed by atoms with Crippen LogP contribution in [0.4, 0.5) is 0 Å². The summed E-state index contributed by atoms with van der Waals surface area (Å²) in [6, 6.07) is 1.92. The summed E-state index contributed by atoms with van der Waals surface area (Å²) in [6.45, 7) is 6.70. The summed E-state index contributed by atoms with van der Waals surface area (Å²) in [5.41, 5.74) is 2.14. The molecule has 0 aromatic carbocycles. The smallest absolute Gasteiger partial charge is 0.317 e. The van der Waals surface area contributed by atoms with E-state index >= 15 is 0 Å². The first kappa shape index (κ1) is 22.7. The molecule has 2 fully saturated rings. The highest BCUT2D eigenvalue weighted by molar-refractivity contribution is 6.01. The van der Waals surface area contributed by atoms with Crippen LogP contribution in [0.15, 0.2) is 18.5 Å². The van der Waals surface area contributed by atoms with Gasteiger partial charge in [-0.1, -0.05) is 12.8 Å². The molecule has 9 nitrogen and oxygen atoms in total. The van der Waals surface area contributed by atoms with Crippen LogP contribution in [-0.2, 0) is 33.7 Å². The molecule has 5 rings (SSSR count). The van der Waals surface area contributed by atoms with Gasteiger partial charge in [0, 0.05) is 37.0 Å². The van der Waals surface area contributed by atoms with Crippen LogP contribution in [0.3, 0.4) is 0 Å². The number of fused-ring (bicyclic) bond motifs is 1. The summed E-state index contributed by atoms with van der Waals surface area (Å²) in [5, 5.41) is 8.85. The maximum absolute atomic E-state index is 13.4. The van der Waals surface area contributed by atoms with Gasteiger partial charge in [-0.3, -0.25) is 14.3 Å². The Morgan fingerprint density at radius 1 is 1.18 bits per heavy atom. The van der Waals surface area contributed by atoms with E-state index in [0.29, 0.717) is 18.0 Å². The van der Waals surface area contributed by atoms with E-state index in [9.17, 15) is 9.59 Å². The Balaban J connectivity index is 1.35. The Kier molecular flexibility index (Phi) is 5.95. The lowest BCUT2D eigenvalue weighted by atomic mass is 9.74. The lowest BCUT2D eigenvalue weighted by molar-refractivity contribution is -0.185. The van der Waals surface area contributed by atoms with Crippen LogP contribution in [0, 0.1) is 25.7 Å². The summed E-state index contributed by atoms with van der Waals surface area (Å²) in [5.74, 6) is -0.213. The van der Waals surface area contributed by atoms with Crippen LogP contribution in [-0.4, -0.2) is 46.7 Å². The number of aromatic nitrogens is 6. The Bertz CT molecular complexity index is 1200. The molecule has 2 unspecified atom stereocenters. The lowest BCUT2D eigenvalue weighted by Crippen LogP contribution is -2.52. The minimum absolute atomic E-state index is 0.0629. The third-order valence-electron chi connectivity index (χ3n) is 7.45. The molecule has 1 saturated heterocycles. The molecule has 0 radical (unpaired) electrons. The molecule has 180 valence electrons. The number of ketones is 1. The van der Waals surface area contributed by atoms with E-state index in [1.807, 2.05) is 37.0 Å². The lowest BCUT2D eigenvalue weighted by Gasteiger charge is -2.43. The molecule has 0 bridgehead atoms. The minimum Gasteiger partial charge on any atom is -0.458 e. The number of cyclic esters (lactones) is 1. The van der Waals surface area contributed by atoms with Crippen molar-refractivity contribution >= 4 is 17.5 Å². The van der Waals surface area contributed by atoms with E-state index in [0.717, 1.165) is 55.6 Å². The van der Waals surface area contributed by atoms with Gasteiger partial charge >= 0.3 is 5.97 Å². The maximum Gasteiger partial charge on any atom is 0.317 e. The van der Waals surface area contributed by atoms with Crippen molar-refractivity contribution in [3.8, 4) is 0 Å². The van der Waals surface area contributed by atoms with Crippen molar-refractivity contribution in [2.24, 2.45) is 11.8 Å². The van der Waals surface area contributed by atoms with E-state index in [2.05, 4.69) is 27.1 Å². The molecule has 3 aromatic rings. The summed E-state index contributed by atoms with van der Waals surface area (Å²) in [6.07, 6.45) is 9.92. The second kappa shape index (κ2) is 8.92. The van der Waals surface area contributed by atoms with Crippen molar-refractivity contribution in [2.45, 2.75) is 84.3 Å². The molecule has 2 atom stereocenters. The molecule has 4 heterocycles. The molecule has 2 aliphatic rings. The zero-order valence-corrected chi connectivity index (χ0v) is 20.2. The Morgan fingerprint density at radius 3 is 2.68 bits per heavy atom. The standard InChI is InChI=1S/C25H32N6O3/c1-4-30-15-18(14-26-30)9-10-25(19-7-5-6-8-19)13-21(32)20(23(33)34-25)12-22-28-24-27-16(2)11-17(3)31(24)29-22/h11,14-15,19-20H,4-10,12-13H2,1-3H3. The van der Waals surface area contributed by atoms with Crippen molar-refractivity contribution < 1.29 is 14.3 Å². The second-order valence-corrected chi connectivity index (χ2v) is 9.85. The number of ether oxygens (including phenoxy) is 1. The highest BCUT2D eigenvalue weighted by Gasteiger charge is 2.51. The van der Waals surface area contributed by atoms with Gasteiger partial charge in [0.15, 0.2) is 11.6 Å². The quantitative estimate of drug-likeness (QED) is 0.391. The minimum atomic E-state index is -0.865. The molecule has 3 aromatic heterocycles. The van der Waals surface area contributed by atoms with Gasteiger partial charge in [-0.15, -0.1) is 5.10 Å². The van der Waals surface area contributed by atoms with Gasteiger partial charge in [-0.05, 0) is 64.0 Å². The van der Waals surface area contributed by atoms with E-state index < -0.39 is 17.5 Å². The molecule has 34 heavy (non-hydrogen) atoms. The van der Waals surface area contributed by atoms with Crippen molar-refractivity contribution in [1.29, 1.82) is 0 Å². The molecule has 1 aliphatic heterocycles. The van der Waals surface area contributed by atoms with E-state index in [1.165, 1.54) is 0 Å². The fourth-order valence-corrected chi connectivity index (χ4v) is 5.62. The number of carbonyl (C=O) groups excluding carboxylic acids is 2. The van der Waals surface area contributed by atoms with Crippen molar-refractivity contribution in [3.63, 3.8) is 0 Å². The Labute approximate surface area is 198 Å². The second-order valence-electron chi connectivity index (χ2n) is 9.85. The van der Waals surface area contributed by atoms with Gasteiger partial charge in [-0.25, -0.2) is 9.50 Å². The number of aryl methyl sites for hydroxylation is 4. The molecule has 0 N–H and O–H groups in total. The molecule has 9 heteroatoms. The number of Topliss-reactive ketones (excluding diaryl/α,β-unsaturated/α-hetero) is 1. The van der Waals surface area contributed by atoms with Gasteiger partial charge in [0.25, 0.3) is 5.78 Å². The van der Waals surface area contributed by atoms with Crippen LogP contribution in [0.2, 0.25) is 0 Å². The Morgan fingerprint density at radius 2 is 1.97 bits per heavy atom. The monoisotopic (exact) mass is 464 g/mol. The molecule has 1 saturated carbocycles. The highest BCUT2D eigenvalue weighted by Crippen LogP contribution is 2.45. The van der Waals surface area contributed by atoms with Crippen LogP contribution in [0.1, 0.15) is 68.2 Å². The van der Waals surface area contributed by atoms with Gasteiger partial charge < -0.3 is 4.74 Å². The first-order valence-corrected chi connectivity index (χ1v) is 12.3. The summed E-state index contributed by atoms with van der Waals surface area (Å²) >= 11 is 0. The third-order valence-corrected chi connectivity index (χ3v) is 7.45. The molecular weight excluding hydrogens is 432 g/mol. The largest absolute Gasteiger partial charge is 0.458 e. The summed E-state index contributed by atoms with van der Waals surface area (Å²) in [7, 11) is 0. The molecule has 1 aliphatic carbocycles. The van der Waals surface area contributed by atoms with E-state index in [1.54, 1.807) is 4.52 Å². The van der Waals surface area contributed by atoms with Crippen LogP contribution in [0.25, 0.3) is 5.78 Å². The van der Waals surface area contributed by atoms with Gasteiger partial charge in [0.05, 0.1) is 6.20 Å².